The Morgan fingerprint density at radius 1 is 1.10 bits per heavy atom. The molecule has 0 spiro atoms. The van der Waals surface area contributed by atoms with Crippen LogP contribution < -0.4 is 0 Å². The summed E-state index contributed by atoms with van der Waals surface area (Å²) in [6.07, 6.45) is -0.331. The van der Waals surface area contributed by atoms with E-state index in [9.17, 15) is 0 Å². The Hall–Kier alpha value is -0.720. The van der Waals surface area contributed by atoms with Crippen LogP contribution in [0.3, 0.4) is 0 Å². The Morgan fingerprint density at radius 2 is 1.81 bits per heavy atom. The van der Waals surface area contributed by atoms with E-state index in [1.807, 2.05) is 24.3 Å². The molecule has 2 heterocycles. The molecule has 0 bridgehead atoms. The highest BCUT2D eigenvalue weighted by Crippen LogP contribution is 2.37. The molecule has 3 rings (SSSR count). The molecule has 2 aromatic rings. The minimum Gasteiger partial charge on any atom is -0.376 e. The first-order valence-corrected chi connectivity index (χ1v) is 7.89. The lowest BCUT2D eigenvalue weighted by atomic mass is 10.1. The highest BCUT2D eigenvalue weighted by atomic mass is 79.9. The predicted molar refractivity (Wildman–Crippen MR) is 84.7 cm³/mol. The van der Waals surface area contributed by atoms with Crippen LogP contribution in [0.15, 0.2) is 28.7 Å². The lowest BCUT2D eigenvalue weighted by Gasteiger charge is -2.22. The summed E-state index contributed by atoms with van der Waals surface area (Å²) in [5, 5.41) is 0.595. The Labute approximate surface area is 140 Å². The van der Waals surface area contributed by atoms with Crippen molar-refractivity contribution in [2.45, 2.75) is 6.10 Å². The molecular formula is C14H11BrCl2N2O2. The van der Waals surface area contributed by atoms with Crippen LogP contribution in [0.5, 0.6) is 0 Å². The summed E-state index contributed by atoms with van der Waals surface area (Å²) in [5.74, 6) is 0.445. The second-order valence-electron chi connectivity index (χ2n) is 4.45. The summed E-state index contributed by atoms with van der Waals surface area (Å²) >= 11 is 16.1. The van der Waals surface area contributed by atoms with Gasteiger partial charge in [0.2, 0.25) is 0 Å². The van der Waals surface area contributed by atoms with Crippen molar-refractivity contribution in [2.75, 3.05) is 19.8 Å². The molecule has 21 heavy (non-hydrogen) atoms. The van der Waals surface area contributed by atoms with E-state index < -0.39 is 0 Å². The van der Waals surface area contributed by atoms with E-state index in [2.05, 4.69) is 25.9 Å². The Balaban J connectivity index is 2.02. The van der Waals surface area contributed by atoms with E-state index in [0.717, 1.165) is 10.0 Å². The SMILES string of the molecule is Clc1nc(C2COCCO2)nc(Cl)c1-c1ccccc1Br. The summed E-state index contributed by atoms with van der Waals surface area (Å²) < 4.78 is 11.8. The summed E-state index contributed by atoms with van der Waals surface area (Å²) in [6.45, 7) is 1.49. The van der Waals surface area contributed by atoms with Gasteiger partial charge in [-0.2, -0.15) is 0 Å². The van der Waals surface area contributed by atoms with Crippen LogP contribution in [0, 0.1) is 0 Å². The number of rotatable bonds is 2. The lowest BCUT2D eigenvalue weighted by molar-refractivity contribution is -0.0935. The minimum absolute atomic E-state index is 0.297. The highest BCUT2D eigenvalue weighted by Gasteiger charge is 2.23. The van der Waals surface area contributed by atoms with E-state index in [0.29, 0.717) is 41.5 Å². The van der Waals surface area contributed by atoms with Gasteiger partial charge in [0, 0.05) is 10.0 Å². The van der Waals surface area contributed by atoms with Gasteiger partial charge in [-0.05, 0) is 6.07 Å². The van der Waals surface area contributed by atoms with Crippen molar-refractivity contribution in [3.8, 4) is 11.1 Å². The van der Waals surface area contributed by atoms with Crippen LogP contribution in [0.25, 0.3) is 11.1 Å². The molecule has 1 atom stereocenters. The predicted octanol–water partition coefficient (Wildman–Crippen LogP) is 4.30. The molecule has 110 valence electrons. The Morgan fingerprint density at radius 3 is 2.43 bits per heavy atom. The number of halogens is 3. The second-order valence-corrected chi connectivity index (χ2v) is 6.02. The summed E-state index contributed by atoms with van der Waals surface area (Å²) in [4.78, 5) is 8.64. The summed E-state index contributed by atoms with van der Waals surface area (Å²) in [6, 6.07) is 7.63. The van der Waals surface area contributed by atoms with E-state index in [1.165, 1.54) is 0 Å². The molecule has 0 N–H and O–H groups in total. The topological polar surface area (TPSA) is 44.2 Å². The van der Waals surface area contributed by atoms with Crippen molar-refractivity contribution in [3.63, 3.8) is 0 Å². The van der Waals surface area contributed by atoms with Gasteiger partial charge < -0.3 is 9.47 Å². The maximum absolute atomic E-state index is 6.31. The van der Waals surface area contributed by atoms with Gasteiger partial charge in [-0.25, -0.2) is 9.97 Å². The summed E-state index contributed by atoms with van der Waals surface area (Å²) in [7, 11) is 0. The number of ether oxygens (including phenoxy) is 2. The fourth-order valence-corrected chi connectivity index (χ4v) is 3.18. The van der Waals surface area contributed by atoms with Crippen molar-refractivity contribution in [1.29, 1.82) is 0 Å². The highest BCUT2D eigenvalue weighted by molar-refractivity contribution is 9.10. The molecule has 1 aromatic carbocycles. The first kappa shape index (κ1) is 15.2. The van der Waals surface area contributed by atoms with E-state index >= 15 is 0 Å². The van der Waals surface area contributed by atoms with Crippen LogP contribution in [-0.2, 0) is 9.47 Å². The molecule has 1 unspecified atom stereocenters. The van der Waals surface area contributed by atoms with E-state index in [-0.39, 0.29) is 6.10 Å². The first-order valence-electron chi connectivity index (χ1n) is 6.34. The minimum atomic E-state index is -0.331. The molecule has 7 heteroatoms. The molecule has 0 amide bonds. The number of benzene rings is 1. The molecule has 1 fully saturated rings. The first-order chi connectivity index (χ1) is 10.2. The third-order valence-electron chi connectivity index (χ3n) is 3.09. The van der Waals surface area contributed by atoms with Crippen molar-refractivity contribution >= 4 is 39.1 Å². The van der Waals surface area contributed by atoms with Crippen LogP contribution in [-0.4, -0.2) is 29.8 Å². The Bertz CT molecular complexity index is 640. The third kappa shape index (κ3) is 3.22. The van der Waals surface area contributed by atoms with Crippen LogP contribution in [0.2, 0.25) is 10.3 Å². The fraction of sp³-hybridized carbons (Fsp3) is 0.286. The molecule has 1 aliphatic heterocycles. The number of aromatic nitrogens is 2. The van der Waals surface area contributed by atoms with Crippen molar-refractivity contribution in [2.24, 2.45) is 0 Å². The quantitative estimate of drug-likeness (QED) is 0.718. The molecule has 0 aliphatic carbocycles. The smallest absolute Gasteiger partial charge is 0.162 e. The van der Waals surface area contributed by atoms with Gasteiger partial charge in [-0.15, -0.1) is 0 Å². The maximum Gasteiger partial charge on any atom is 0.162 e. The molecular weight excluding hydrogens is 379 g/mol. The van der Waals surface area contributed by atoms with E-state index in [4.69, 9.17) is 32.7 Å². The molecule has 1 aromatic heterocycles. The van der Waals surface area contributed by atoms with Gasteiger partial charge in [0.25, 0.3) is 0 Å². The van der Waals surface area contributed by atoms with Crippen LogP contribution in [0.4, 0.5) is 0 Å². The van der Waals surface area contributed by atoms with Crippen molar-refractivity contribution in [3.05, 3.63) is 44.9 Å². The zero-order valence-electron chi connectivity index (χ0n) is 10.9. The fourth-order valence-electron chi connectivity index (χ4n) is 2.09. The average Bonchev–Trinajstić information content (AvgIpc) is 2.49. The largest absolute Gasteiger partial charge is 0.376 e. The number of hydrogen-bond donors (Lipinski definition) is 0. The zero-order chi connectivity index (χ0) is 14.8. The van der Waals surface area contributed by atoms with Crippen molar-refractivity contribution < 1.29 is 9.47 Å². The Kier molecular flexibility index (Phi) is 4.76. The average molecular weight is 390 g/mol. The van der Waals surface area contributed by atoms with E-state index in [1.54, 1.807) is 0 Å². The van der Waals surface area contributed by atoms with Crippen LogP contribution in [0.1, 0.15) is 11.9 Å². The van der Waals surface area contributed by atoms with Gasteiger partial charge in [0.05, 0.1) is 25.4 Å². The van der Waals surface area contributed by atoms with Crippen LogP contribution >= 0.6 is 39.1 Å². The standard InChI is InChI=1S/C14H11BrCl2N2O2/c15-9-4-2-1-3-8(9)11-12(16)18-14(19-13(11)17)10-7-20-5-6-21-10/h1-4,10H,5-7H2. The lowest BCUT2D eigenvalue weighted by Crippen LogP contribution is -2.23. The molecule has 4 nitrogen and oxygen atoms in total. The molecule has 1 saturated heterocycles. The van der Waals surface area contributed by atoms with Gasteiger partial charge >= 0.3 is 0 Å². The number of nitrogens with zero attached hydrogens (tertiary/aromatic N) is 2. The van der Waals surface area contributed by atoms with Gasteiger partial charge in [0.1, 0.15) is 16.4 Å². The zero-order valence-corrected chi connectivity index (χ0v) is 14.0. The molecule has 0 saturated carbocycles. The monoisotopic (exact) mass is 388 g/mol. The molecule has 1 aliphatic rings. The van der Waals surface area contributed by atoms with Gasteiger partial charge in [0.15, 0.2) is 5.82 Å². The third-order valence-corrected chi connectivity index (χ3v) is 4.32. The summed E-state index contributed by atoms with van der Waals surface area (Å²) in [5.41, 5.74) is 1.45. The number of hydrogen-bond acceptors (Lipinski definition) is 4. The second kappa shape index (κ2) is 6.58. The van der Waals surface area contributed by atoms with Gasteiger partial charge in [-0.3, -0.25) is 0 Å². The van der Waals surface area contributed by atoms with Crippen molar-refractivity contribution in [1.82, 2.24) is 9.97 Å². The van der Waals surface area contributed by atoms with Gasteiger partial charge in [-0.1, -0.05) is 57.3 Å². The molecule has 0 radical (unpaired) electrons. The maximum atomic E-state index is 6.31. The normalized spacial score (nSPS) is 18.7.